The third-order valence-electron chi connectivity index (χ3n) is 3.87. The van der Waals surface area contributed by atoms with E-state index in [1.165, 1.54) is 18.1 Å². The van der Waals surface area contributed by atoms with Crippen LogP contribution in [0.15, 0.2) is 58.7 Å². The number of aryl methyl sites for hydroxylation is 3. The van der Waals surface area contributed by atoms with Gasteiger partial charge in [-0.25, -0.2) is 4.98 Å². The molecule has 1 heterocycles. The van der Waals surface area contributed by atoms with Gasteiger partial charge in [-0.05, 0) is 56.2 Å². The molecule has 6 nitrogen and oxygen atoms in total. The summed E-state index contributed by atoms with van der Waals surface area (Å²) < 4.78 is 5.70. The van der Waals surface area contributed by atoms with Gasteiger partial charge in [0, 0.05) is 4.90 Å². The van der Waals surface area contributed by atoms with E-state index in [1.54, 1.807) is 6.07 Å². The molecule has 0 aliphatic carbocycles. The van der Waals surface area contributed by atoms with Gasteiger partial charge in [0.2, 0.25) is 0 Å². The van der Waals surface area contributed by atoms with Crippen LogP contribution in [0.25, 0.3) is 0 Å². The van der Waals surface area contributed by atoms with Crippen LogP contribution in [-0.2, 0) is 0 Å². The lowest BCUT2D eigenvalue weighted by molar-refractivity contribution is -0.389. The second-order valence-corrected chi connectivity index (χ2v) is 6.92. The standard InChI is InChI=1S/C19H17N3O3S/c1-12-4-8-16(9-5-12)26-19-17(22(23)24)18(20-11-21-19)25-15-7-6-13(2)14(3)10-15/h4-11H,1-3H3. The van der Waals surface area contributed by atoms with E-state index >= 15 is 0 Å². The maximum absolute atomic E-state index is 11.6. The number of aromatic nitrogens is 2. The highest BCUT2D eigenvalue weighted by Gasteiger charge is 2.25. The maximum atomic E-state index is 11.6. The number of nitrogens with zero attached hydrogens (tertiary/aromatic N) is 3. The van der Waals surface area contributed by atoms with Gasteiger partial charge in [0.15, 0.2) is 5.03 Å². The molecule has 0 aliphatic heterocycles. The molecule has 26 heavy (non-hydrogen) atoms. The molecule has 1 aromatic heterocycles. The summed E-state index contributed by atoms with van der Waals surface area (Å²) in [6.45, 7) is 5.93. The molecule has 0 amide bonds. The highest BCUT2D eigenvalue weighted by Crippen LogP contribution is 2.39. The molecule has 2 aromatic carbocycles. The number of benzene rings is 2. The van der Waals surface area contributed by atoms with Crippen LogP contribution in [0.2, 0.25) is 0 Å². The molecule has 0 spiro atoms. The van der Waals surface area contributed by atoms with E-state index in [-0.39, 0.29) is 16.6 Å². The van der Waals surface area contributed by atoms with Crippen LogP contribution in [0.3, 0.4) is 0 Å². The number of ether oxygens (including phenoxy) is 1. The summed E-state index contributed by atoms with van der Waals surface area (Å²) in [4.78, 5) is 20.0. The van der Waals surface area contributed by atoms with Crippen molar-refractivity contribution in [2.24, 2.45) is 0 Å². The fourth-order valence-electron chi connectivity index (χ4n) is 2.26. The Balaban J connectivity index is 1.96. The molecular weight excluding hydrogens is 350 g/mol. The van der Waals surface area contributed by atoms with E-state index in [0.717, 1.165) is 21.6 Å². The van der Waals surface area contributed by atoms with Crippen LogP contribution in [-0.4, -0.2) is 14.9 Å². The van der Waals surface area contributed by atoms with Crippen molar-refractivity contribution >= 4 is 17.4 Å². The lowest BCUT2D eigenvalue weighted by atomic mass is 10.1. The van der Waals surface area contributed by atoms with Crippen molar-refractivity contribution in [1.82, 2.24) is 9.97 Å². The second kappa shape index (κ2) is 7.53. The van der Waals surface area contributed by atoms with Crippen molar-refractivity contribution in [3.63, 3.8) is 0 Å². The Kier molecular flexibility index (Phi) is 5.18. The van der Waals surface area contributed by atoms with Crippen LogP contribution in [0.1, 0.15) is 16.7 Å². The average molecular weight is 367 g/mol. The minimum absolute atomic E-state index is 0.0668. The molecule has 0 atom stereocenters. The fraction of sp³-hybridized carbons (Fsp3) is 0.158. The number of nitro groups is 1. The van der Waals surface area contributed by atoms with Crippen molar-refractivity contribution in [3.8, 4) is 11.6 Å². The molecule has 0 saturated carbocycles. The van der Waals surface area contributed by atoms with Gasteiger partial charge in [0.25, 0.3) is 0 Å². The van der Waals surface area contributed by atoms with Crippen molar-refractivity contribution < 1.29 is 9.66 Å². The van der Waals surface area contributed by atoms with Gasteiger partial charge >= 0.3 is 11.6 Å². The average Bonchev–Trinajstić information content (AvgIpc) is 2.60. The predicted octanol–water partition coefficient (Wildman–Crippen LogP) is 5.25. The molecule has 0 saturated heterocycles. The molecule has 0 fully saturated rings. The van der Waals surface area contributed by atoms with Gasteiger partial charge < -0.3 is 4.74 Å². The highest BCUT2D eigenvalue weighted by atomic mass is 32.2. The summed E-state index contributed by atoms with van der Waals surface area (Å²) in [5.74, 6) is 0.434. The number of rotatable bonds is 5. The zero-order valence-electron chi connectivity index (χ0n) is 14.6. The first-order chi connectivity index (χ1) is 12.4. The Morgan fingerprint density at radius 2 is 1.73 bits per heavy atom. The summed E-state index contributed by atoms with van der Waals surface area (Å²) in [6, 6.07) is 13.2. The first kappa shape index (κ1) is 17.9. The maximum Gasteiger partial charge on any atom is 0.363 e. The van der Waals surface area contributed by atoms with Crippen molar-refractivity contribution in [2.45, 2.75) is 30.7 Å². The van der Waals surface area contributed by atoms with Crippen LogP contribution in [0.4, 0.5) is 5.69 Å². The molecule has 7 heteroatoms. The lowest BCUT2D eigenvalue weighted by Crippen LogP contribution is -2.00. The Morgan fingerprint density at radius 3 is 2.38 bits per heavy atom. The molecular formula is C19H17N3O3S. The molecule has 0 aliphatic rings. The zero-order valence-corrected chi connectivity index (χ0v) is 15.4. The molecule has 3 aromatic rings. The van der Waals surface area contributed by atoms with Gasteiger partial charge in [0.1, 0.15) is 12.1 Å². The minimum atomic E-state index is -0.507. The number of hydrogen-bond donors (Lipinski definition) is 0. The van der Waals surface area contributed by atoms with Gasteiger partial charge in [-0.2, -0.15) is 4.98 Å². The summed E-state index contributed by atoms with van der Waals surface area (Å²) in [5.41, 5.74) is 3.03. The van der Waals surface area contributed by atoms with E-state index in [1.807, 2.05) is 57.2 Å². The van der Waals surface area contributed by atoms with E-state index in [0.29, 0.717) is 5.75 Å². The van der Waals surface area contributed by atoms with Crippen LogP contribution in [0.5, 0.6) is 11.6 Å². The third kappa shape index (κ3) is 4.00. The van der Waals surface area contributed by atoms with Crippen molar-refractivity contribution in [3.05, 3.63) is 75.6 Å². The first-order valence-corrected chi connectivity index (χ1v) is 8.74. The Hall–Kier alpha value is -2.93. The predicted molar refractivity (Wildman–Crippen MR) is 100.0 cm³/mol. The van der Waals surface area contributed by atoms with E-state index in [4.69, 9.17) is 4.74 Å². The first-order valence-electron chi connectivity index (χ1n) is 7.93. The monoisotopic (exact) mass is 367 g/mol. The Labute approximate surface area is 155 Å². The van der Waals surface area contributed by atoms with Crippen LogP contribution in [0, 0.1) is 30.9 Å². The molecule has 0 bridgehead atoms. The zero-order chi connectivity index (χ0) is 18.7. The van der Waals surface area contributed by atoms with E-state index in [9.17, 15) is 10.1 Å². The second-order valence-electron chi connectivity index (χ2n) is 5.85. The third-order valence-corrected chi connectivity index (χ3v) is 4.87. The minimum Gasteiger partial charge on any atom is -0.434 e. The SMILES string of the molecule is Cc1ccc(Sc2ncnc(Oc3ccc(C)c(C)c3)c2[N+](=O)[O-])cc1. The van der Waals surface area contributed by atoms with E-state index in [2.05, 4.69) is 9.97 Å². The summed E-state index contributed by atoms with van der Waals surface area (Å²) in [7, 11) is 0. The van der Waals surface area contributed by atoms with Gasteiger partial charge in [0.05, 0.1) is 4.92 Å². The Morgan fingerprint density at radius 1 is 1.00 bits per heavy atom. The molecule has 132 valence electrons. The largest absolute Gasteiger partial charge is 0.434 e. The smallest absolute Gasteiger partial charge is 0.363 e. The Bertz CT molecular complexity index is 959. The topological polar surface area (TPSA) is 78.2 Å². The fourth-order valence-corrected chi connectivity index (χ4v) is 3.11. The molecule has 0 N–H and O–H groups in total. The van der Waals surface area contributed by atoms with Gasteiger partial charge in [-0.3, -0.25) is 10.1 Å². The van der Waals surface area contributed by atoms with E-state index < -0.39 is 4.92 Å². The summed E-state index contributed by atoms with van der Waals surface area (Å²) in [5, 5.41) is 11.9. The van der Waals surface area contributed by atoms with Crippen LogP contribution >= 0.6 is 11.8 Å². The van der Waals surface area contributed by atoms with Gasteiger partial charge in [-0.15, -0.1) is 0 Å². The van der Waals surface area contributed by atoms with Gasteiger partial charge in [-0.1, -0.05) is 35.5 Å². The summed E-state index contributed by atoms with van der Waals surface area (Å²) in [6.07, 6.45) is 1.28. The summed E-state index contributed by atoms with van der Waals surface area (Å²) >= 11 is 1.21. The molecule has 0 radical (unpaired) electrons. The number of hydrogen-bond acceptors (Lipinski definition) is 6. The van der Waals surface area contributed by atoms with Crippen molar-refractivity contribution in [2.75, 3.05) is 0 Å². The lowest BCUT2D eigenvalue weighted by Gasteiger charge is -2.09. The van der Waals surface area contributed by atoms with Crippen molar-refractivity contribution in [1.29, 1.82) is 0 Å². The normalized spacial score (nSPS) is 10.6. The van der Waals surface area contributed by atoms with Crippen LogP contribution < -0.4 is 4.74 Å². The quantitative estimate of drug-likeness (QED) is 0.348. The molecule has 0 unspecified atom stereocenters. The highest BCUT2D eigenvalue weighted by molar-refractivity contribution is 7.99. The molecule has 3 rings (SSSR count).